The van der Waals surface area contributed by atoms with Crippen molar-refractivity contribution in [3.63, 3.8) is 0 Å². The highest BCUT2D eigenvalue weighted by atomic mass is 32.2. The third kappa shape index (κ3) is 2.41. The van der Waals surface area contributed by atoms with E-state index in [4.69, 9.17) is 0 Å². The van der Waals surface area contributed by atoms with Gasteiger partial charge in [-0.1, -0.05) is 19.1 Å². The molecule has 0 aliphatic rings. The van der Waals surface area contributed by atoms with Gasteiger partial charge in [-0.3, -0.25) is 10.1 Å². The highest BCUT2D eigenvalue weighted by molar-refractivity contribution is 7.99. The highest BCUT2D eigenvalue weighted by Crippen LogP contribution is 2.29. The Bertz CT molecular complexity index is 862. The van der Waals surface area contributed by atoms with Gasteiger partial charge >= 0.3 is 0 Å². The number of hydrogen-bond donors (Lipinski definition) is 0. The molecule has 0 amide bonds. The van der Waals surface area contributed by atoms with Crippen molar-refractivity contribution < 1.29 is 4.92 Å². The molecule has 0 N–H and O–H groups in total. The molecule has 3 aromatic rings. The van der Waals surface area contributed by atoms with E-state index >= 15 is 0 Å². The Labute approximate surface area is 130 Å². The summed E-state index contributed by atoms with van der Waals surface area (Å²) in [5.41, 5.74) is 1.97. The van der Waals surface area contributed by atoms with Crippen LogP contribution in [0.15, 0.2) is 35.6 Å². The van der Waals surface area contributed by atoms with Gasteiger partial charge in [0.2, 0.25) is 0 Å². The van der Waals surface area contributed by atoms with E-state index in [9.17, 15) is 10.1 Å². The van der Waals surface area contributed by atoms with Crippen molar-refractivity contribution in [3.8, 4) is 11.4 Å². The molecular formula is C14H13N5O2S. The second-order valence-corrected chi connectivity index (χ2v) is 5.83. The minimum atomic E-state index is -0.393. The summed E-state index contributed by atoms with van der Waals surface area (Å²) in [6, 6.07) is 4.92. The molecule has 0 radical (unpaired) electrons. The molecule has 0 saturated heterocycles. The summed E-state index contributed by atoms with van der Waals surface area (Å²) in [4.78, 5) is 19.5. The molecule has 8 heteroatoms. The molecule has 3 rings (SSSR count). The van der Waals surface area contributed by atoms with Crippen LogP contribution in [0.2, 0.25) is 0 Å². The van der Waals surface area contributed by atoms with E-state index in [0.29, 0.717) is 22.6 Å². The van der Waals surface area contributed by atoms with E-state index in [1.165, 1.54) is 6.07 Å². The molecule has 0 fully saturated rings. The second kappa shape index (κ2) is 5.72. The lowest BCUT2D eigenvalue weighted by Gasteiger charge is -2.08. The topological polar surface area (TPSA) is 86.2 Å². The Hall–Kier alpha value is -2.48. The lowest BCUT2D eigenvalue weighted by molar-refractivity contribution is -0.385. The van der Waals surface area contributed by atoms with E-state index in [1.807, 2.05) is 6.92 Å². The van der Waals surface area contributed by atoms with Gasteiger partial charge in [0, 0.05) is 29.6 Å². The lowest BCUT2D eigenvalue weighted by Crippen LogP contribution is -2.02. The van der Waals surface area contributed by atoms with E-state index in [1.54, 1.807) is 47.7 Å². The number of hydrogen-bond acceptors (Lipinski definition) is 6. The van der Waals surface area contributed by atoms with Gasteiger partial charge in [-0.25, -0.2) is 14.5 Å². The molecular weight excluding hydrogens is 302 g/mol. The first-order valence-electron chi connectivity index (χ1n) is 6.70. The van der Waals surface area contributed by atoms with Gasteiger partial charge in [-0.05, 0) is 12.7 Å². The Kier molecular flexibility index (Phi) is 3.76. The van der Waals surface area contributed by atoms with E-state index < -0.39 is 4.92 Å². The Morgan fingerprint density at radius 2 is 2.23 bits per heavy atom. The zero-order valence-electron chi connectivity index (χ0n) is 12.1. The van der Waals surface area contributed by atoms with Crippen molar-refractivity contribution in [2.45, 2.75) is 18.9 Å². The van der Waals surface area contributed by atoms with Crippen molar-refractivity contribution in [3.05, 3.63) is 46.3 Å². The van der Waals surface area contributed by atoms with E-state index in [2.05, 4.69) is 15.1 Å². The number of fused-ring (bicyclic) bond motifs is 1. The average molecular weight is 315 g/mol. The minimum Gasteiger partial charge on any atom is -0.258 e. The first-order valence-corrected chi connectivity index (χ1v) is 7.69. The summed E-state index contributed by atoms with van der Waals surface area (Å²) in [5.74, 6) is 1.31. The van der Waals surface area contributed by atoms with Crippen LogP contribution < -0.4 is 0 Å². The van der Waals surface area contributed by atoms with E-state index in [-0.39, 0.29) is 5.69 Å². The fourth-order valence-corrected chi connectivity index (χ4v) is 2.91. The zero-order chi connectivity index (χ0) is 15.7. The molecule has 0 atom stereocenters. The van der Waals surface area contributed by atoms with Gasteiger partial charge in [0.25, 0.3) is 5.69 Å². The Morgan fingerprint density at radius 1 is 1.41 bits per heavy atom. The Balaban J connectivity index is 2.22. The van der Waals surface area contributed by atoms with Crippen LogP contribution in [0.3, 0.4) is 0 Å². The van der Waals surface area contributed by atoms with Crippen LogP contribution in [0.5, 0.6) is 0 Å². The second-order valence-electron chi connectivity index (χ2n) is 4.58. The quantitative estimate of drug-likeness (QED) is 0.418. The molecule has 0 bridgehead atoms. The van der Waals surface area contributed by atoms with Crippen molar-refractivity contribution in [1.29, 1.82) is 0 Å². The maximum atomic E-state index is 11.1. The third-order valence-electron chi connectivity index (χ3n) is 3.25. The Morgan fingerprint density at radius 3 is 2.95 bits per heavy atom. The zero-order valence-corrected chi connectivity index (χ0v) is 12.9. The summed E-state index contributed by atoms with van der Waals surface area (Å²) >= 11 is 1.57. The SMILES string of the molecule is CCSc1nc(-c2cccc([N+](=O)[O-])c2C)nn2ccnc12. The van der Waals surface area contributed by atoms with Crippen LogP contribution in [0.1, 0.15) is 12.5 Å². The molecule has 0 aliphatic heterocycles. The molecule has 112 valence electrons. The lowest BCUT2D eigenvalue weighted by atomic mass is 10.1. The van der Waals surface area contributed by atoms with Crippen molar-refractivity contribution >= 4 is 23.1 Å². The highest BCUT2D eigenvalue weighted by Gasteiger charge is 2.18. The number of rotatable bonds is 4. The van der Waals surface area contributed by atoms with Crippen LogP contribution in [-0.2, 0) is 0 Å². The molecule has 7 nitrogen and oxygen atoms in total. The van der Waals surface area contributed by atoms with Crippen LogP contribution in [0, 0.1) is 17.0 Å². The fourth-order valence-electron chi connectivity index (χ4n) is 2.21. The predicted octanol–water partition coefficient (Wildman–Crippen LogP) is 3.12. The summed E-state index contributed by atoms with van der Waals surface area (Å²) in [7, 11) is 0. The van der Waals surface area contributed by atoms with Gasteiger partial charge < -0.3 is 0 Å². The molecule has 2 aromatic heterocycles. The largest absolute Gasteiger partial charge is 0.273 e. The number of thioether (sulfide) groups is 1. The first-order chi connectivity index (χ1) is 10.6. The third-order valence-corrected chi connectivity index (χ3v) is 4.08. The summed E-state index contributed by atoms with van der Waals surface area (Å²) in [5, 5.41) is 16.3. The molecule has 0 saturated carbocycles. The fraction of sp³-hybridized carbons (Fsp3) is 0.214. The standard InChI is InChI=1S/C14H13N5O2S/c1-3-22-14-13-15-7-8-18(13)17-12(16-14)10-5-4-6-11(9(10)2)19(20)21/h4-8H,3H2,1-2H3. The minimum absolute atomic E-state index is 0.0662. The van der Waals surface area contributed by atoms with Crippen LogP contribution in [-0.4, -0.2) is 30.3 Å². The number of nitrogens with zero attached hydrogens (tertiary/aromatic N) is 5. The van der Waals surface area contributed by atoms with Crippen molar-refractivity contribution in [1.82, 2.24) is 19.6 Å². The number of aromatic nitrogens is 4. The summed E-state index contributed by atoms with van der Waals surface area (Å²) in [6.07, 6.45) is 3.40. The number of imidazole rings is 1. The molecule has 22 heavy (non-hydrogen) atoms. The average Bonchev–Trinajstić information content (AvgIpc) is 2.96. The van der Waals surface area contributed by atoms with Gasteiger partial charge in [0.05, 0.1) is 4.92 Å². The predicted molar refractivity (Wildman–Crippen MR) is 84.0 cm³/mol. The molecule has 0 spiro atoms. The van der Waals surface area contributed by atoms with Crippen LogP contribution in [0.25, 0.3) is 17.0 Å². The van der Waals surface area contributed by atoms with Crippen LogP contribution in [0.4, 0.5) is 5.69 Å². The number of nitro benzene ring substituents is 1. The number of nitro groups is 1. The molecule has 0 unspecified atom stereocenters. The van der Waals surface area contributed by atoms with Crippen LogP contribution >= 0.6 is 11.8 Å². The van der Waals surface area contributed by atoms with Gasteiger partial charge in [0.15, 0.2) is 11.5 Å². The molecule has 2 heterocycles. The first kappa shape index (κ1) is 14.5. The summed E-state index contributed by atoms with van der Waals surface area (Å²) in [6.45, 7) is 3.74. The van der Waals surface area contributed by atoms with Gasteiger partial charge in [0.1, 0.15) is 5.03 Å². The smallest absolute Gasteiger partial charge is 0.258 e. The van der Waals surface area contributed by atoms with Gasteiger partial charge in [-0.15, -0.1) is 16.9 Å². The van der Waals surface area contributed by atoms with Crippen molar-refractivity contribution in [2.75, 3.05) is 5.75 Å². The molecule has 0 aliphatic carbocycles. The van der Waals surface area contributed by atoms with Crippen molar-refractivity contribution in [2.24, 2.45) is 0 Å². The normalized spacial score (nSPS) is 11.0. The number of benzene rings is 1. The van der Waals surface area contributed by atoms with E-state index in [0.717, 1.165) is 10.8 Å². The monoisotopic (exact) mass is 315 g/mol. The summed E-state index contributed by atoms with van der Waals surface area (Å²) < 4.78 is 1.65. The maximum Gasteiger partial charge on any atom is 0.273 e. The maximum absolute atomic E-state index is 11.1. The van der Waals surface area contributed by atoms with Gasteiger partial charge in [-0.2, -0.15) is 0 Å². The molecule has 1 aromatic carbocycles.